The van der Waals surface area contributed by atoms with Crippen molar-refractivity contribution in [1.82, 2.24) is 0 Å². The van der Waals surface area contributed by atoms with Gasteiger partial charge in [-0.1, -0.05) is 30.3 Å². The molecule has 2 atom stereocenters. The van der Waals surface area contributed by atoms with E-state index >= 15 is 0 Å². The maximum Gasteiger partial charge on any atom is 0.00493 e. The van der Waals surface area contributed by atoms with Crippen LogP contribution >= 0.6 is 0 Å². The van der Waals surface area contributed by atoms with Gasteiger partial charge in [0.15, 0.2) is 0 Å². The van der Waals surface area contributed by atoms with Crippen molar-refractivity contribution in [2.75, 3.05) is 0 Å². The van der Waals surface area contributed by atoms with Crippen molar-refractivity contribution >= 4 is 0 Å². The minimum Gasteiger partial charge on any atom is -0.402 e. The Kier molecular flexibility index (Phi) is 1.66. The van der Waals surface area contributed by atoms with Crippen molar-refractivity contribution in [2.24, 2.45) is 11.7 Å². The first-order valence-electron chi connectivity index (χ1n) is 5.38. The summed E-state index contributed by atoms with van der Waals surface area (Å²) >= 11 is 0. The second kappa shape index (κ2) is 2.88. The van der Waals surface area contributed by atoms with Crippen LogP contribution < -0.4 is 5.73 Å². The summed E-state index contributed by atoms with van der Waals surface area (Å²) in [7, 11) is 0. The monoisotopic (exact) mass is 185 g/mol. The highest BCUT2D eigenvalue weighted by Crippen LogP contribution is 2.44. The molecule has 1 aromatic rings. The van der Waals surface area contributed by atoms with Crippen molar-refractivity contribution < 1.29 is 0 Å². The molecule has 0 saturated carbocycles. The number of nitrogens with two attached hydrogens (primary N) is 1. The summed E-state index contributed by atoms with van der Waals surface area (Å²) in [6, 6.07) is 8.83. The van der Waals surface area contributed by atoms with Gasteiger partial charge in [0, 0.05) is 5.70 Å². The molecule has 14 heavy (non-hydrogen) atoms. The summed E-state index contributed by atoms with van der Waals surface area (Å²) in [5.41, 5.74) is 10.1. The van der Waals surface area contributed by atoms with Gasteiger partial charge in [-0.3, -0.25) is 0 Å². The zero-order valence-electron chi connectivity index (χ0n) is 8.24. The van der Waals surface area contributed by atoms with Crippen molar-refractivity contribution in [2.45, 2.75) is 25.2 Å². The van der Waals surface area contributed by atoms with Crippen LogP contribution in [0.4, 0.5) is 0 Å². The number of aryl methyl sites for hydroxylation is 1. The van der Waals surface area contributed by atoms with Gasteiger partial charge >= 0.3 is 0 Å². The molecule has 0 fully saturated rings. The maximum absolute atomic E-state index is 5.91. The Morgan fingerprint density at radius 3 is 3.00 bits per heavy atom. The van der Waals surface area contributed by atoms with E-state index in [9.17, 15) is 0 Å². The molecule has 0 unspecified atom stereocenters. The molecule has 0 saturated heterocycles. The van der Waals surface area contributed by atoms with Crippen LogP contribution in [0.1, 0.15) is 29.9 Å². The Hall–Kier alpha value is -1.24. The highest BCUT2D eigenvalue weighted by Gasteiger charge is 2.32. The van der Waals surface area contributed by atoms with Gasteiger partial charge in [0.25, 0.3) is 0 Å². The summed E-state index contributed by atoms with van der Waals surface area (Å²) in [4.78, 5) is 0. The molecule has 0 amide bonds. The van der Waals surface area contributed by atoms with E-state index in [4.69, 9.17) is 5.73 Å². The molecule has 2 aliphatic carbocycles. The summed E-state index contributed by atoms with van der Waals surface area (Å²) < 4.78 is 0. The molecule has 0 heterocycles. The van der Waals surface area contributed by atoms with Gasteiger partial charge in [0.1, 0.15) is 0 Å². The third-order valence-corrected chi connectivity index (χ3v) is 3.60. The van der Waals surface area contributed by atoms with Crippen LogP contribution in [-0.4, -0.2) is 0 Å². The molecule has 1 aromatic carbocycles. The lowest BCUT2D eigenvalue weighted by Gasteiger charge is -2.27. The van der Waals surface area contributed by atoms with Gasteiger partial charge in [0.05, 0.1) is 0 Å². The topological polar surface area (TPSA) is 26.0 Å². The third-order valence-electron chi connectivity index (χ3n) is 3.60. The number of rotatable bonds is 0. The fourth-order valence-corrected chi connectivity index (χ4v) is 2.94. The summed E-state index contributed by atoms with van der Waals surface area (Å²) in [6.07, 6.45) is 5.85. The normalized spacial score (nSPS) is 29.3. The Bertz CT molecular complexity index is 392. The first kappa shape index (κ1) is 8.10. The van der Waals surface area contributed by atoms with Crippen LogP contribution in [0.3, 0.4) is 0 Å². The number of allylic oxidation sites excluding steroid dienone is 2. The number of hydrogen-bond acceptors (Lipinski definition) is 1. The molecular formula is C13H15N. The van der Waals surface area contributed by atoms with Gasteiger partial charge in [-0.25, -0.2) is 0 Å². The zero-order valence-corrected chi connectivity index (χ0v) is 8.24. The molecule has 0 aromatic heterocycles. The van der Waals surface area contributed by atoms with Crippen LogP contribution in [-0.2, 0) is 6.42 Å². The van der Waals surface area contributed by atoms with Gasteiger partial charge in [-0.15, -0.1) is 0 Å². The highest BCUT2D eigenvalue weighted by molar-refractivity contribution is 5.37. The Balaban J connectivity index is 2.04. The second-order valence-corrected chi connectivity index (χ2v) is 4.45. The second-order valence-electron chi connectivity index (χ2n) is 4.45. The van der Waals surface area contributed by atoms with Crippen LogP contribution in [0.5, 0.6) is 0 Å². The standard InChI is InChI=1S/C13H15N/c14-11-7-10-6-5-9-3-1-2-4-12(9)13(10)8-11/h1-4,7,10,13H,5-6,8,14H2/t10-,13+/m0/s1. The largest absolute Gasteiger partial charge is 0.402 e. The first-order valence-corrected chi connectivity index (χ1v) is 5.38. The van der Waals surface area contributed by atoms with Gasteiger partial charge in [-0.2, -0.15) is 0 Å². The smallest absolute Gasteiger partial charge is 0.00493 e. The minimum atomic E-state index is 0.681. The summed E-state index contributed by atoms with van der Waals surface area (Å²) in [5.74, 6) is 1.39. The van der Waals surface area contributed by atoms with Crippen LogP contribution in [0.15, 0.2) is 36.0 Å². The van der Waals surface area contributed by atoms with E-state index in [1.165, 1.54) is 18.4 Å². The van der Waals surface area contributed by atoms with Gasteiger partial charge in [0.2, 0.25) is 0 Å². The predicted octanol–water partition coefficient (Wildman–Crippen LogP) is 2.58. The minimum absolute atomic E-state index is 0.681. The SMILES string of the molecule is NC1=C[C@@H]2CCc3ccccc3[C@@H]2C1. The van der Waals surface area contributed by atoms with E-state index < -0.39 is 0 Å². The first-order chi connectivity index (χ1) is 6.84. The number of hydrogen-bond donors (Lipinski definition) is 1. The number of fused-ring (bicyclic) bond motifs is 3. The molecule has 0 radical (unpaired) electrons. The molecule has 2 aliphatic rings. The van der Waals surface area contributed by atoms with Crippen molar-refractivity contribution in [3.63, 3.8) is 0 Å². The van der Waals surface area contributed by atoms with Crippen LogP contribution in [0, 0.1) is 5.92 Å². The molecule has 1 nitrogen and oxygen atoms in total. The van der Waals surface area contributed by atoms with E-state index in [1.54, 1.807) is 5.56 Å². The maximum atomic E-state index is 5.91. The lowest BCUT2D eigenvalue weighted by atomic mass is 9.77. The zero-order chi connectivity index (χ0) is 9.54. The van der Waals surface area contributed by atoms with Crippen molar-refractivity contribution in [3.8, 4) is 0 Å². The number of benzene rings is 1. The van der Waals surface area contributed by atoms with E-state index in [-0.39, 0.29) is 0 Å². The molecule has 2 N–H and O–H groups in total. The highest BCUT2D eigenvalue weighted by atomic mass is 14.6. The Labute approximate surface area is 84.6 Å². The van der Waals surface area contributed by atoms with Crippen molar-refractivity contribution in [3.05, 3.63) is 47.2 Å². The van der Waals surface area contributed by atoms with E-state index in [1.807, 2.05) is 0 Å². The van der Waals surface area contributed by atoms with Gasteiger partial charge < -0.3 is 5.73 Å². The lowest BCUT2D eigenvalue weighted by Crippen LogP contribution is -2.15. The fraction of sp³-hybridized carbons (Fsp3) is 0.385. The van der Waals surface area contributed by atoms with Crippen molar-refractivity contribution in [1.29, 1.82) is 0 Å². The summed E-state index contributed by atoms with van der Waals surface area (Å²) in [6.45, 7) is 0. The van der Waals surface area contributed by atoms with Crippen LogP contribution in [0.2, 0.25) is 0 Å². The molecule has 3 rings (SSSR count). The van der Waals surface area contributed by atoms with E-state index in [0.29, 0.717) is 11.8 Å². The Morgan fingerprint density at radius 1 is 1.21 bits per heavy atom. The van der Waals surface area contributed by atoms with Crippen LogP contribution in [0.25, 0.3) is 0 Å². The predicted molar refractivity (Wildman–Crippen MR) is 57.9 cm³/mol. The third kappa shape index (κ3) is 1.08. The fourth-order valence-electron chi connectivity index (χ4n) is 2.94. The average molecular weight is 185 g/mol. The molecule has 0 spiro atoms. The molecular weight excluding hydrogens is 170 g/mol. The Morgan fingerprint density at radius 2 is 2.07 bits per heavy atom. The molecule has 72 valence electrons. The van der Waals surface area contributed by atoms with E-state index in [0.717, 1.165) is 12.1 Å². The lowest BCUT2D eigenvalue weighted by molar-refractivity contribution is 0.470. The molecule has 1 heteroatoms. The van der Waals surface area contributed by atoms with Gasteiger partial charge in [-0.05, 0) is 42.2 Å². The van der Waals surface area contributed by atoms with E-state index in [2.05, 4.69) is 30.3 Å². The quantitative estimate of drug-likeness (QED) is 0.660. The average Bonchev–Trinajstić information content (AvgIpc) is 2.59. The molecule has 0 bridgehead atoms. The molecule has 0 aliphatic heterocycles. The summed E-state index contributed by atoms with van der Waals surface area (Å²) in [5, 5.41) is 0.